The quantitative estimate of drug-likeness (QED) is 0.918. The van der Waals surface area contributed by atoms with Gasteiger partial charge in [0.1, 0.15) is 11.9 Å². The van der Waals surface area contributed by atoms with E-state index < -0.39 is 11.4 Å². The highest BCUT2D eigenvalue weighted by atomic mass is 16.5. The molecule has 1 aliphatic heterocycles. The summed E-state index contributed by atoms with van der Waals surface area (Å²) in [6.07, 6.45) is 4.24. The Labute approximate surface area is 118 Å². The number of carboxylic acid groups (broad SMARTS) is 1. The monoisotopic (exact) mass is 276 g/mol. The van der Waals surface area contributed by atoms with Crippen LogP contribution in [0.4, 0.5) is 0 Å². The minimum atomic E-state index is -0.768. The first-order chi connectivity index (χ1) is 9.72. The van der Waals surface area contributed by atoms with E-state index in [0.29, 0.717) is 25.2 Å². The van der Waals surface area contributed by atoms with Gasteiger partial charge >= 0.3 is 5.97 Å². The van der Waals surface area contributed by atoms with Crippen LogP contribution in [0.1, 0.15) is 37.7 Å². The van der Waals surface area contributed by atoms with Gasteiger partial charge in [0, 0.05) is 12.0 Å². The van der Waals surface area contributed by atoms with Gasteiger partial charge in [-0.05, 0) is 18.9 Å². The van der Waals surface area contributed by atoms with Crippen LogP contribution in [-0.4, -0.2) is 30.4 Å². The number of hydrogen-bond donors (Lipinski definition) is 1. The van der Waals surface area contributed by atoms with Gasteiger partial charge in [-0.2, -0.15) is 0 Å². The molecule has 3 rings (SSSR count). The van der Waals surface area contributed by atoms with Crippen LogP contribution in [0.5, 0.6) is 5.75 Å². The van der Waals surface area contributed by atoms with Crippen molar-refractivity contribution in [2.24, 2.45) is 0 Å². The van der Waals surface area contributed by atoms with Crippen molar-refractivity contribution >= 4 is 5.97 Å². The summed E-state index contributed by atoms with van der Waals surface area (Å²) in [5.41, 5.74) is 0.0627. The van der Waals surface area contributed by atoms with Crippen molar-refractivity contribution < 1.29 is 19.4 Å². The van der Waals surface area contributed by atoms with E-state index in [1.165, 1.54) is 0 Å². The topological polar surface area (TPSA) is 55.8 Å². The molecule has 0 bridgehead atoms. The molecule has 4 nitrogen and oxygen atoms in total. The Morgan fingerprint density at radius 3 is 2.70 bits per heavy atom. The van der Waals surface area contributed by atoms with Gasteiger partial charge in [-0.15, -0.1) is 0 Å². The molecule has 1 aromatic carbocycles. The van der Waals surface area contributed by atoms with Crippen LogP contribution in [0, 0.1) is 0 Å². The van der Waals surface area contributed by atoms with Crippen LogP contribution >= 0.6 is 0 Å². The zero-order chi connectivity index (χ0) is 14.0. The van der Waals surface area contributed by atoms with Crippen molar-refractivity contribution in [3.05, 3.63) is 29.8 Å². The zero-order valence-corrected chi connectivity index (χ0v) is 11.5. The fourth-order valence-electron chi connectivity index (χ4n) is 3.33. The third-order valence-electron chi connectivity index (χ3n) is 4.45. The van der Waals surface area contributed by atoms with Crippen LogP contribution in [0.2, 0.25) is 0 Å². The molecular formula is C16H20O4. The summed E-state index contributed by atoms with van der Waals surface area (Å²) in [4.78, 5) is 11.8. The van der Waals surface area contributed by atoms with Crippen molar-refractivity contribution in [3.8, 4) is 5.75 Å². The smallest absolute Gasteiger partial charge is 0.314 e. The maximum Gasteiger partial charge on any atom is 0.314 e. The zero-order valence-electron chi connectivity index (χ0n) is 11.5. The third kappa shape index (κ3) is 2.29. The molecule has 1 aromatic rings. The molecule has 1 unspecified atom stereocenters. The molecule has 1 atom stereocenters. The summed E-state index contributed by atoms with van der Waals surface area (Å²) in [6, 6.07) is 7.59. The van der Waals surface area contributed by atoms with Gasteiger partial charge < -0.3 is 14.6 Å². The minimum Gasteiger partial charge on any atom is -0.488 e. The predicted molar refractivity (Wildman–Crippen MR) is 74.1 cm³/mol. The number of rotatable bonds is 4. The number of carboxylic acids is 1. The lowest BCUT2D eigenvalue weighted by Gasteiger charge is -2.27. The van der Waals surface area contributed by atoms with E-state index in [1.807, 2.05) is 24.3 Å². The largest absolute Gasteiger partial charge is 0.488 e. The molecule has 1 N–H and O–H groups in total. The first kappa shape index (κ1) is 13.4. The third-order valence-corrected chi connectivity index (χ3v) is 4.45. The first-order valence-electron chi connectivity index (χ1n) is 7.30. The summed E-state index contributed by atoms with van der Waals surface area (Å²) in [6.45, 7) is 1.31. The highest BCUT2D eigenvalue weighted by Crippen LogP contribution is 2.45. The Hall–Kier alpha value is -1.55. The fourth-order valence-corrected chi connectivity index (χ4v) is 3.33. The Morgan fingerprint density at radius 2 is 2.05 bits per heavy atom. The Balaban J connectivity index is 1.93. The number of ether oxygens (including phenoxy) is 2. The predicted octanol–water partition coefficient (Wildman–Crippen LogP) is 2.75. The highest BCUT2D eigenvalue weighted by Gasteiger charge is 2.44. The van der Waals surface area contributed by atoms with Crippen LogP contribution < -0.4 is 4.74 Å². The molecule has 2 aliphatic rings. The summed E-state index contributed by atoms with van der Waals surface area (Å²) in [7, 11) is 0. The average Bonchev–Trinajstić information content (AvgIpc) is 3.10. The fraction of sp³-hybridized carbons (Fsp3) is 0.562. The SMILES string of the molecule is O=C(O)C1(c2ccccc2OC2CCOC2)CCCC1. The lowest BCUT2D eigenvalue weighted by atomic mass is 9.78. The molecule has 0 radical (unpaired) electrons. The van der Waals surface area contributed by atoms with Gasteiger partial charge in [0.25, 0.3) is 0 Å². The Morgan fingerprint density at radius 1 is 1.30 bits per heavy atom. The van der Waals surface area contributed by atoms with Crippen LogP contribution in [0.15, 0.2) is 24.3 Å². The maximum absolute atomic E-state index is 11.8. The number of benzene rings is 1. The minimum absolute atomic E-state index is 0.0448. The highest BCUT2D eigenvalue weighted by molar-refractivity contribution is 5.83. The first-order valence-corrected chi connectivity index (χ1v) is 7.30. The van der Waals surface area contributed by atoms with Gasteiger partial charge in [-0.25, -0.2) is 0 Å². The van der Waals surface area contributed by atoms with Crippen molar-refractivity contribution in [3.63, 3.8) is 0 Å². The molecule has 0 amide bonds. The molecule has 0 spiro atoms. The van der Waals surface area contributed by atoms with Gasteiger partial charge in [-0.3, -0.25) is 4.79 Å². The van der Waals surface area contributed by atoms with Gasteiger partial charge in [0.15, 0.2) is 0 Å². The number of aliphatic carboxylic acids is 1. The lowest BCUT2D eigenvalue weighted by molar-refractivity contribution is -0.143. The molecular weight excluding hydrogens is 256 g/mol. The second-order valence-corrected chi connectivity index (χ2v) is 5.69. The number of para-hydroxylation sites is 1. The average molecular weight is 276 g/mol. The number of hydrogen-bond acceptors (Lipinski definition) is 3. The van der Waals surface area contributed by atoms with Crippen molar-refractivity contribution in [2.75, 3.05) is 13.2 Å². The number of carbonyl (C=O) groups is 1. The molecule has 1 heterocycles. The van der Waals surface area contributed by atoms with E-state index in [4.69, 9.17) is 9.47 Å². The second kappa shape index (κ2) is 5.44. The lowest BCUT2D eigenvalue weighted by Crippen LogP contribution is -2.33. The molecule has 2 fully saturated rings. The van der Waals surface area contributed by atoms with Crippen LogP contribution in [0.3, 0.4) is 0 Å². The summed E-state index contributed by atoms with van der Waals surface area (Å²) in [5, 5.41) is 9.72. The normalized spacial score (nSPS) is 24.7. The molecule has 20 heavy (non-hydrogen) atoms. The van der Waals surface area contributed by atoms with E-state index in [0.717, 1.165) is 31.4 Å². The Kier molecular flexibility index (Phi) is 3.66. The van der Waals surface area contributed by atoms with Crippen molar-refractivity contribution in [2.45, 2.75) is 43.6 Å². The molecule has 1 saturated carbocycles. The van der Waals surface area contributed by atoms with Gasteiger partial charge in [0.2, 0.25) is 0 Å². The van der Waals surface area contributed by atoms with Gasteiger partial charge in [0.05, 0.1) is 18.6 Å². The molecule has 0 aromatic heterocycles. The molecule has 1 saturated heterocycles. The van der Waals surface area contributed by atoms with E-state index in [-0.39, 0.29) is 6.10 Å². The summed E-state index contributed by atoms with van der Waals surface area (Å²) >= 11 is 0. The summed E-state index contributed by atoms with van der Waals surface area (Å²) < 4.78 is 11.3. The van der Waals surface area contributed by atoms with Gasteiger partial charge in [-0.1, -0.05) is 31.0 Å². The second-order valence-electron chi connectivity index (χ2n) is 5.69. The van der Waals surface area contributed by atoms with E-state index in [1.54, 1.807) is 0 Å². The maximum atomic E-state index is 11.8. The van der Waals surface area contributed by atoms with E-state index in [9.17, 15) is 9.90 Å². The molecule has 108 valence electrons. The standard InChI is InChI=1S/C16H20O4/c17-15(18)16(8-3-4-9-16)13-5-1-2-6-14(13)20-12-7-10-19-11-12/h1-2,5-6,12H,3-4,7-11H2,(H,17,18). The van der Waals surface area contributed by atoms with E-state index >= 15 is 0 Å². The molecule has 4 heteroatoms. The molecule has 1 aliphatic carbocycles. The van der Waals surface area contributed by atoms with Crippen LogP contribution in [-0.2, 0) is 14.9 Å². The summed E-state index contributed by atoms with van der Waals surface area (Å²) in [5.74, 6) is -0.0129. The van der Waals surface area contributed by atoms with Crippen molar-refractivity contribution in [1.82, 2.24) is 0 Å². The Bertz CT molecular complexity index is 485. The van der Waals surface area contributed by atoms with Crippen molar-refractivity contribution in [1.29, 1.82) is 0 Å². The van der Waals surface area contributed by atoms with E-state index in [2.05, 4.69) is 0 Å². The van der Waals surface area contributed by atoms with Crippen LogP contribution in [0.25, 0.3) is 0 Å².